The Balaban J connectivity index is 2.29. The number of aromatic nitrogens is 1. The lowest BCUT2D eigenvalue weighted by Gasteiger charge is -2.12. The maximum atomic E-state index is 12.3. The van der Waals surface area contributed by atoms with Crippen molar-refractivity contribution in [1.82, 2.24) is 4.98 Å². The fourth-order valence-corrected chi connectivity index (χ4v) is 2.85. The second-order valence-electron chi connectivity index (χ2n) is 3.95. The van der Waals surface area contributed by atoms with Crippen molar-refractivity contribution < 1.29 is 18.3 Å². The van der Waals surface area contributed by atoms with Crippen LogP contribution in [0.3, 0.4) is 0 Å². The fraction of sp³-hybridized carbons (Fsp3) is 0.0833. The van der Waals surface area contributed by atoms with Gasteiger partial charge in [-0.1, -0.05) is 12.1 Å². The second-order valence-corrected chi connectivity index (χ2v) is 5.60. The normalized spacial score (nSPS) is 11.0. The van der Waals surface area contributed by atoms with Gasteiger partial charge in [-0.2, -0.15) is 0 Å². The van der Waals surface area contributed by atoms with Crippen molar-refractivity contribution in [1.29, 1.82) is 0 Å². The van der Waals surface area contributed by atoms with Crippen molar-refractivity contribution in [2.75, 3.05) is 16.6 Å². The molecule has 1 heterocycles. The first-order chi connectivity index (χ1) is 9.49. The van der Waals surface area contributed by atoms with Gasteiger partial charge in [-0.15, -0.1) is 0 Å². The largest absolute Gasteiger partial charge is 0.480 e. The number of anilines is 2. The summed E-state index contributed by atoms with van der Waals surface area (Å²) in [5.74, 6) is -1.07. The number of aliphatic carboxylic acids is 1. The number of H-pyrrole nitrogens is 1. The highest BCUT2D eigenvalue weighted by atomic mass is 32.2. The molecule has 8 heteroatoms. The molecule has 0 unspecified atom stereocenters. The number of para-hydroxylation sites is 1. The van der Waals surface area contributed by atoms with Crippen LogP contribution in [-0.2, 0) is 14.8 Å². The lowest BCUT2D eigenvalue weighted by atomic mass is 10.3. The van der Waals surface area contributed by atoms with Gasteiger partial charge in [-0.05, 0) is 18.2 Å². The van der Waals surface area contributed by atoms with Crippen molar-refractivity contribution in [2.24, 2.45) is 0 Å². The van der Waals surface area contributed by atoms with Crippen LogP contribution in [0.15, 0.2) is 47.6 Å². The third-order valence-corrected chi connectivity index (χ3v) is 3.90. The molecule has 20 heavy (non-hydrogen) atoms. The molecule has 0 radical (unpaired) electrons. The standard InChI is InChI=1S/C12H13N3O4S/c16-12(17)8-14-10-3-1-2-4-11(10)20(18,19)15-9-5-6-13-7-9/h1-7,13-15H,8H2,(H,16,17). The molecule has 0 aliphatic carbocycles. The van der Waals surface area contributed by atoms with Crippen LogP contribution in [0.25, 0.3) is 0 Å². The molecule has 2 rings (SSSR count). The number of aromatic amines is 1. The molecule has 0 bridgehead atoms. The Morgan fingerprint density at radius 3 is 2.65 bits per heavy atom. The molecule has 2 aromatic rings. The van der Waals surface area contributed by atoms with E-state index in [1.165, 1.54) is 18.3 Å². The average Bonchev–Trinajstić information content (AvgIpc) is 2.88. The molecule has 0 aliphatic rings. The monoisotopic (exact) mass is 295 g/mol. The predicted molar refractivity (Wildman–Crippen MR) is 74.2 cm³/mol. The topological polar surface area (TPSA) is 111 Å². The lowest BCUT2D eigenvalue weighted by Crippen LogP contribution is -2.18. The van der Waals surface area contributed by atoms with E-state index in [4.69, 9.17) is 5.11 Å². The van der Waals surface area contributed by atoms with E-state index in [1.54, 1.807) is 24.4 Å². The summed E-state index contributed by atoms with van der Waals surface area (Å²) in [6.07, 6.45) is 3.09. The van der Waals surface area contributed by atoms with Crippen LogP contribution in [0, 0.1) is 0 Å². The van der Waals surface area contributed by atoms with Gasteiger partial charge in [0.15, 0.2) is 0 Å². The van der Waals surface area contributed by atoms with Gasteiger partial charge in [0, 0.05) is 12.4 Å². The Morgan fingerprint density at radius 1 is 1.25 bits per heavy atom. The summed E-state index contributed by atoms with van der Waals surface area (Å²) in [4.78, 5) is 13.3. The number of hydrogen-bond acceptors (Lipinski definition) is 4. The number of sulfonamides is 1. The van der Waals surface area contributed by atoms with E-state index >= 15 is 0 Å². The van der Waals surface area contributed by atoms with Crippen molar-refractivity contribution in [3.8, 4) is 0 Å². The summed E-state index contributed by atoms with van der Waals surface area (Å²) in [5.41, 5.74) is 0.635. The van der Waals surface area contributed by atoms with Crippen molar-refractivity contribution in [2.45, 2.75) is 4.90 Å². The average molecular weight is 295 g/mol. The van der Waals surface area contributed by atoms with Crippen LogP contribution < -0.4 is 10.0 Å². The van der Waals surface area contributed by atoms with Crippen LogP contribution in [0.5, 0.6) is 0 Å². The SMILES string of the molecule is O=C(O)CNc1ccccc1S(=O)(=O)Nc1cc[nH]c1. The number of carboxylic acid groups (broad SMARTS) is 1. The molecule has 0 aliphatic heterocycles. The zero-order valence-electron chi connectivity index (χ0n) is 10.3. The first-order valence-electron chi connectivity index (χ1n) is 5.69. The van der Waals surface area contributed by atoms with E-state index in [0.717, 1.165) is 0 Å². The molecule has 0 spiro atoms. The molecule has 0 saturated heterocycles. The van der Waals surface area contributed by atoms with Gasteiger partial charge in [0.1, 0.15) is 11.4 Å². The third-order valence-electron chi connectivity index (χ3n) is 2.46. The van der Waals surface area contributed by atoms with E-state index in [1.807, 2.05) is 0 Å². The highest BCUT2D eigenvalue weighted by molar-refractivity contribution is 7.92. The van der Waals surface area contributed by atoms with Gasteiger partial charge >= 0.3 is 5.97 Å². The molecule has 4 N–H and O–H groups in total. The first kappa shape index (κ1) is 13.9. The molecule has 7 nitrogen and oxygen atoms in total. The predicted octanol–water partition coefficient (Wildman–Crippen LogP) is 1.31. The van der Waals surface area contributed by atoms with Crippen LogP contribution in [-0.4, -0.2) is 31.0 Å². The number of hydrogen-bond donors (Lipinski definition) is 4. The Labute approximate surface area is 115 Å². The van der Waals surface area contributed by atoms with Gasteiger partial charge in [0.2, 0.25) is 0 Å². The molecular formula is C12H13N3O4S. The first-order valence-corrected chi connectivity index (χ1v) is 7.17. The van der Waals surface area contributed by atoms with Crippen LogP contribution in [0.1, 0.15) is 0 Å². The summed E-state index contributed by atoms with van der Waals surface area (Å²) in [7, 11) is -3.79. The second kappa shape index (κ2) is 5.66. The summed E-state index contributed by atoms with van der Waals surface area (Å²) >= 11 is 0. The molecule has 1 aromatic carbocycles. The Morgan fingerprint density at radius 2 is 2.00 bits per heavy atom. The van der Waals surface area contributed by atoms with Crippen LogP contribution in [0.2, 0.25) is 0 Å². The van der Waals surface area contributed by atoms with E-state index in [0.29, 0.717) is 5.69 Å². The number of rotatable bonds is 6. The maximum absolute atomic E-state index is 12.3. The van der Waals surface area contributed by atoms with Crippen LogP contribution in [0.4, 0.5) is 11.4 Å². The number of benzene rings is 1. The number of carboxylic acids is 1. The molecule has 0 amide bonds. The number of nitrogens with one attached hydrogen (secondary N) is 3. The minimum absolute atomic E-state index is 0.0116. The quantitative estimate of drug-likeness (QED) is 0.642. The summed E-state index contributed by atoms with van der Waals surface area (Å²) < 4.78 is 26.9. The Kier molecular flexibility index (Phi) is 3.94. The number of carbonyl (C=O) groups is 1. The highest BCUT2D eigenvalue weighted by Crippen LogP contribution is 2.23. The third kappa shape index (κ3) is 3.29. The molecule has 106 valence electrons. The van der Waals surface area contributed by atoms with Gasteiger partial charge in [-0.3, -0.25) is 9.52 Å². The smallest absolute Gasteiger partial charge is 0.322 e. The van der Waals surface area contributed by atoms with E-state index < -0.39 is 16.0 Å². The Hall–Kier alpha value is -2.48. The van der Waals surface area contributed by atoms with Crippen molar-refractivity contribution in [3.05, 3.63) is 42.7 Å². The molecule has 0 atom stereocenters. The fourth-order valence-electron chi connectivity index (χ4n) is 1.62. The molecular weight excluding hydrogens is 282 g/mol. The molecule has 0 fully saturated rings. The van der Waals surface area contributed by atoms with Gasteiger partial charge in [0.05, 0.1) is 11.4 Å². The summed E-state index contributed by atoms with van der Waals surface area (Å²) in [6.45, 7) is -0.364. The summed E-state index contributed by atoms with van der Waals surface area (Å²) in [5, 5.41) is 11.2. The van der Waals surface area contributed by atoms with Gasteiger partial charge < -0.3 is 15.4 Å². The van der Waals surface area contributed by atoms with Crippen molar-refractivity contribution in [3.63, 3.8) is 0 Å². The zero-order chi connectivity index (χ0) is 14.6. The maximum Gasteiger partial charge on any atom is 0.322 e. The van der Waals surface area contributed by atoms with Crippen LogP contribution >= 0.6 is 0 Å². The van der Waals surface area contributed by atoms with E-state index in [-0.39, 0.29) is 17.1 Å². The molecule has 1 aromatic heterocycles. The zero-order valence-corrected chi connectivity index (χ0v) is 11.1. The minimum atomic E-state index is -3.79. The van der Waals surface area contributed by atoms with Gasteiger partial charge in [0.25, 0.3) is 10.0 Å². The van der Waals surface area contributed by atoms with E-state index in [2.05, 4.69) is 15.0 Å². The van der Waals surface area contributed by atoms with E-state index in [9.17, 15) is 13.2 Å². The van der Waals surface area contributed by atoms with Gasteiger partial charge in [-0.25, -0.2) is 8.42 Å². The summed E-state index contributed by atoms with van der Waals surface area (Å²) in [6, 6.07) is 7.68. The Bertz CT molecular complexity index is 695. The minimum Gasteiger partial charge on any atom is -0.480 e. The van der Waals surface area contributed by atoms with Crippen molar-refractivity contribution >= 4 is 27.4 Å². The highest BCUT2D eigenvalue weighted by Gasteiger charge is 2.18. The molecule has 0 saturated carbocycles. The lowest BCUT2D eigenvalue weighted by molar-refractivity contribution is -0.134.